The molecule has 0 aromatic heterocycles. The van der Waals surface area contributed by atoms with Crippen LogP contribution in [-0.2, 0) is 9.78 Å². The van der Waals surface area contributed by atoms with E-state index in [9.17, 15) is 0 Å². The fourth-order valence-electron chi connectivity index (χ4n) is 1.40. The molecule has 2 unspecified atom stereocenters. The Bertz CT molecular complexity index is 131. The van der Waals surface area contributed by atoms with E-state index >= 15 is 0 Å². The lowest BCUT2D eigenvalue weighted by molar-refractivity contribution is -0.344. The third kappa shape index (κ3) is 0.884. The summed E-state index contributed by atoms with van der Waals surface area (Å²) >= 11 is 0. The summed E-state index contributed by atoms with van der Waals surface area (Å²) in [6, 6.07) is 0. The van der Waals surface area contributed by atoms with Crippen molar-refractivity contribution in [3.05, 3.63) is 12.2 Å². The van der Waals surface area contributed by atoms with Crippen LogP contribution in [0.5, 0.6) is 0 Å². The lowest BCUT2D eigenvalue weighted by Gasteiger charge is -2.23. The molecule has 0 N–H and O–H groups in total. The lowest BCUT2D eigenvalue weighted by atomic mass is 10.0. The van der Waals surface area contributed by atoms with E-state index in [0.717, 1.165) is 13.0 Å². The van der Waals surface area contributed by atoms with Crippen LogP contribution in [0.2, 0.25) is 0 Å². The Morgan fingerprint density at radius 1 is 1.44 bits per heavy atom. The molecule has 9 heavy (non-hydrogen) atoms. The average Bonchev–Trinajstić information content (AvgIpc) is 2.33. The quantitative estimate of drug-likeness (QED) is 0.359. The van der Waals surface area contributed by atoms with Gasteiger partial charge in [-0.1, -0.05) is 12.2 Å². The van der Waals surface area contributed by atoms with Gasteiger partial charge in [0.2, 0.25) is 0 Å². The van der Waals surface area contributed by atoms with Gasteiger partial charge >= 0.3 is 0 Å². The second-order valence-electron chi connectivity index (χ2n) is 2.60. The van der Waals surface area contributed by atoms with E-state index in [0.29, 0.717) is 5.92 Å². The Hall–Kier alpha value is -0.340. The van der Waals surface area contributed by atoms with Gasteiger partial charge in [0.05, 0.1) is 6.61 Å². The summed E-state index contributed by atoms with van der Waals surface area (Å²) in [7, 11) is 0. The third-order valence-corrected chi connectivity index (χ3v) is 1.98. The van der Waals surface area contributed by atoms with Crippen LogP contribution < -0.4 is 0 Å². The van der Waals surface area contributed by atoms with Crippen molar-refractivity contribution in [1.82, 2.24) is 0 Å². The van der Waals surface area contributed by atoms with Gasteiger partial charge < -0.3 is 0 Å². The van der Waals surface area contributed by atoms with Gasteiger partial charge in [0.1, 0.15) is 6.10 Å². The summed E-state index contributed by atoms with van der Waals surface area (Å²) in [6.45, 7) is 0.767. The van der Waals surface area contributed by atoms with Crippen molar-refractivity contribution < 1.29 is 9.78 Å². The van der Waals surface area contributed by atoms with E-state index in [1.165, 1.54) is 6.42 Å². The summed E-state index contributed by atoms with van der Waals surface area (Å²) in [6.07, 6.45) is 6.85. The van der Waals surface area contributed by atoms with Crippen LogP contribution in [0.4, 0.5) is 0 Å². The Morgan fingerprint density at radius 2 is 2.44 bits per heavy atom. The maximum absolute atomic E-state index is 5.02. The number of rotatable bonds is 0. The zero-order chi connectivity index (χ0) is 6.10. The highest BCUT2D eigenvalue weighted by atomic mass is 17.2. The highest BCUT2D eigenvalue weighted by molar-refractivity contribution is 5.02. The molecule has 0 saturated carbocycles. The first-order valence-corrected chi connectivity index (χ1v) is 3.42. The first-order valence-electron chi connectivity index (χ1n) is 3.42. The van der Waals surface area contributed by atoms with Crippen LogP contribution >= 0.6 is 0 Å². The first-order chi connectivity index (χ1) is 4.47. The molecular formula is C7H10O2. The van der Waals surface area contributed by atoms with Crippen LogP contribution in [0.1, 0.15) is 12.8 Å². The summed E-state index contributed by atoms with van der Waals surface area (Å²) in [5.74, 6) is 0.707. The molecule has 2 aliphatic rings. The largest absolute Gasteiger partial charge is 0.236 e. The monoisotopic (exact) mass is 126 g/mol. The number of hydrogen-bond acceptors (Lipinski definition) is 2. The maximum atomic E-state index is 5.02. The zero-order valence-electron chi connectivity index (χ0n) is 5.25. The fraction of sp³-hybridized carbons (Fsp3) is 0.714. The van der Waals surface area contributed by atoms with Gasteiger partial charge in [0.15, 0.2) is 0 Å². The van der Waals surface area contributed by atoms with Gasteiger partial charge in [-0.2, -0.15) is 0 Å². The van der Waals surface area contributed by atoms with Crippen LogP contribution in [0.3, 0.4) is 0 Å². The average molecular weight is 126 g/mol. The molecule has 1 aliphatic heterocycles. The van der Waals surface area contributed by atoms with E-state index in [1.807, 2.05) is 0 Å². The molecule has 1 saturated heterocycles. The van der Waals surface area contributed by atoms with Crippen molar-refractivity contribution in [3.8, 4) is 0 Å². The molecule has 50 valence electrons. The van der Waals surface area contributed by atoms with Gasteiger partial charge in [-0.15, -0.1) is 0 Å². The molecule has 0 amide bonds. The predicted octanol–water partition coefficient (Wildman–Crippen LogP) is 1.28. The molecule has 0 bridgehead atoms. The molecule has 1 heterocycles. The number of allylic oxidation sites excluding steroid dienone is 1. The molecule has 2 nitrogen and oxygen atoms in total. The Labute approximate surface area is 54.4 Å². The highest BCUT2D eigenvalue weighted by Gasteiger charge is 2.27. The van der Waals surface area contributed by atoms with Crippen molar-refractivity contribution in [1.29, 1.82) is 0 Å². The molecule has 0 aromatic rings. The summed E-state index contributed by atoms with van der Waals surface area (Å²) in [4.78, 5) is 9.85. The first kappa shape index (κ1) is 5.45. The van der Waals surface area contributed by atoms with E-state index in [-0.39, 0.29) is 6.10 Å². The summed E-state index contributed by atoms with van der Waals surface area (Å²) < 4.78 is 0. The molecule has 2 rings (SSSR count). The summed E-state index contributed by atoms with van der Waals surface area (Å²) in [5.41, 5.74) is 0. The van der Waals surface area contributed by atoms with Crippen LogP contribution in [0, 0.1) is 5.92 Å². The van der Waals surface area contributed by atoms with E-state index in [2.05, 4.69) is 12.2 Å². The van der Waals surface area contributed by atoms with Crippen LogP contribution in [0.15, 0.2) is 12.2 Å². The van der Waals surface area contributed by atoms with Gasteiger partial charge in [-0.05, 0) is 18.8 Å². The second kappa shape index (κ2) is 2.12. The maximum Gasteiger partial charge on any atom is 0.114 e. The van der Waals surface area contributed by atoms with Gasteiger partial charge in [-0.3, -0.25) is 0 Å². The highest BCUT2D eigenvalue weighted by Crippen LogP contribution is 2.28. The topological polar surface area (TPSA) is 18.5 Å². The minimum Gasteiger partial charge on any atom is -0.236 e. The SMILES string of the molecule is C1=CC2OOCCC2C1. The molecule has 0 spiro atoms. The van der Waals surface area contributed by atoms with Crippen LogP contribution in [0.25, 0.3) is 0 Å². The normalized spacial score (nSPS) is 40.9. The van der Waals surface area contributed by atoms with Crippen molar-refractivity contribution in [2.24, 2.45) is 5.92 Å². The molecule has 2 atom stereocenters. The molecule has 0 aromatic carbocycles. The second-order valence-corrected chi connectivity index (χ2v) is 2.60. The standard InChI is InChI=1S/C7H10O2/c1-2-6-4-5-8-9-7(6)3-1/h1,3,6-7H,2,4-5H2. The van der Waals surface area contributed by atoms with E-state index in [1.54, 1.807) is 0 Å². The van der Waals surface area contributed by atoms with Gasteiger partial charge in [0, 0.05) is 0 Å². The smallest absolute Gasteiger partial charge is 0.114 e. The molecule has 1 fully saturated rings. The van der Waals surface area contributed by atoms with Crippen molar-refractivity contribution >= 4 is 0 Å². The minimum atomic E-state index is 0.263. The van der Waals surface area contributed by atoms with Crippen molar-refractivity contribution in [2.75, 3.05) is 6.61 Å². The predicted molar refractivity (Wildman–Crippen MR) is 32.7 cm³/mol. The van der Waals surface area contributed by atoms with Crippen molar-refractivity contribution in [2.45, 2.75) is 18.9 Å². The van der Waals surface area contributed by atoms with Crippen LogP contribution in [-0.4, -0.2) is 12.7 Å². The zero-order valence-corrected chi connectivity index (χ0v) is 5.25. The summed E-state index contributed by atoms with van der Waals surface area (Å²) in [5, 5.41) is 0. The van der Waals surface area contributed by atoms with Crippen molar-refractivity contribution in [3.63, 3.8) is 0 Å². The molecule has 0 radical (unpaired) electrons. The molecule has 2 heteroatoms. The third-order valence-electron chi connectivity index (χ3n) is 1.98. The number of hydrogen-bond donors (Lipinski definition) is 0. The minimum absolute atomic E-state index is 0.263. The van der Waals surface area contributed by atoms with E-state index < -0.39 is 0 Å². The fourth-order valence-corrected chi connectivity index (χ4v) is 1.40. The Kier molecular flexibility index (Phi) is 1.28. The molecular weight excluding hydrogens is 116 g/mol. The number of fused-ring (bicyclic) bond motifs is 1. The lowest BCUT2D eigenvalue weighted by Crippen LogP contribution is -2.25. The van der Waals surface area contributed by atoms with Gasteiger partial charge in [-0.25, -0.2) is 9.78 Å². The van der Waals surface area contributed by atoms with E-state index in [4.69, 9.17) is 9.78 Å². The Morgan fingerprint density at radius 3 is 3.33 bits per heavy atom. The van der Waals surface area contributed by atoms with Gasteiger partial charge in [0.25, 0.3) is 0 Å². The molecule has 1 aliphatic carbocycles. The Balaban J connectivity index is 2.03.